The number of allylic oxidation sites excluding steroid dienone is 2. The maximum absolute atomic E-state index is 12.2. The standard InChI is InChI=1S/C21H40O8/c1-6-20(3,4)9-8-10-21(5,7-2)11-16(25)29-13-15(24)18(27)19(28)17(26)14(23)12-22/h8,10,14-15,17-19,22-24,26-28H,6-7,9,11-13H2,1-5H3/b10-8-/t14-,15-,17-,18-,19-,21?/m1/s1. The third kappa shape index (κ3) is 10.0. The number of ether oxygens (including phenoxy) is 1. The summed E-state index contributed by atoms with van der Waals surface area (Å²) in [5.41, 5.74) is -0.230. The van der Waals surface area contributed by atoms with Gasteiger partial charge in [-0.15, -0.1) is 0 Å². The van der Waals surface area contributed by atoms with Gasteiger partial charge in [-0.05, 0) is 23.7 Å². The fourth-order valence-electron chi connectivity index (χ4n) is 2.53. The van der Waals surface area contributed by atoms with E-state index >= 15 is 0 Å². The molecule has 0 saturated heterocycles. The minimum atomic E-state index is -1.92. The van der Waals surface area contributed by atoms with Gasteiger partial charge in [0, 0.05) is 0 Å². The Kier molecular flexibility index (Phi) is 12.2. The van der Waals surface area contributed by atoms with Crippen LogP contribution in [0.2, 0.25) is 0 Å². The summed E-state index contributed by atoms with van der Waals surface area (Å²) in [5.74, 6) is -0.564. The Bertz CT molecular complexity index is 507. The van der Waals surface area contributed by atoms with Gasteiger partial charge in [0.1, 0.15) is 37.1 Å². The average Bonchev–Trinajstić information content (AvgIpc) is 2.69. The number of hydrogen-bond donors (Lipinski definition) is 6. The highest BCUT2D eigenvalue weighted by Gasteiger charge is 2.35. The van der Waals surface area contributed by atoms with Crippen LogP contribution in [0.15, 0.2) is 12.2 Å². The zero-order chi connectivity index (χ0) is 22.8. The Hall–Kier alpha value is -1.03. The maximum atomic E-state index is 12.2. The lowest BCUT2D eigenvalue weighted by atomic mass is 9.81. The summed E-state index contributed by atoms with van der Waals surface area (Å²) >= 11 is 0. The summed E-state index contributed by atoms with van der Waals surface area (Å²) < 4.78 is 5.02. The van der Waals surface area contributed by atoms with E-state index in [0.717, 1.165) is 12.8 Å². The smallest absolute Gasteiger partial charge is 0.306 e. The van der Waals surface area contributed by atoms with Crippen molar-refractivity contribution in [1.29, 1.82) is 0 Å². The zero-order valence-electron chi connectivity index (χ0n) is 18.3. The van der Waals surface area contributed by atoms with Gasteiger partial charge >= 0.3 is 5.97 Å². The highest BCUT2D eigenvalue weighted by Crippen LogP contribution is 2.31. The number of aliphatic hydroxyl groups is 6. The first-order valence-electron chi connectivity index (χ1n) is 10.2. The summed E-state index contributed by atoms with van der Waals surface area (Å²) in [6.07, 6.45) is -2.18. The van der Waals surface area contributed by atoms with E-state index in [1.165, 1.54) is 0 Å². The molecule has 8 nitrogen and oxygen atoms in total. The quantitative estimate of drug-likeness (QED) is 0.176. The maximum Gasteiger partial charge on any atom is 0.306 e. The van der Waals surface area contributed by atoms with E-state index in [9.17, 15) is 30.3 Å². The number of carbonyl (C=O) groups is 1. The van der Waals surface area contributed by atoms with Crippen LogP contribution in [0, 0.1) is 10.8 Å². The Morgan fingerprint density at radius 1 is 0.931 bits per heavy atom. The van der Waals surface area contributed by atoms with Gasteiger partial charge in [0.2, 0.25) is 0 Å². The first-order chi connectivity index (χ1) is 13.3. The molecule has 0 aromatic rings. The largest absolute Gasteiger partial charge is 0.463 e. The Balaban J connectivity index is 4.69. The van der Waals surface area contributed by atoms with Crippen molar-refractivity contribution in [3.63, 3.8) is 0 Å². The van der Waals surface area contributed by atoms with Crippen molar-refractivity contribution in [3.8, 4) is 0 Å². The molecule has 0 aromatic carbocycles. The van der Waals surface area contributed by atoms with Gasteiger partial charge in [0.05, 0.1) is 13.0 Å². The topological polar surface area (TPSA) is 148 Å². The van der Waals surface area contributed by atoms with E-state index in [4.69, 9.17) is 9.84 Å². The normalized spacial score (nSPS) is 20.0. The van der Waals surface area contributed by atoms with E-state index < -0.39 is 55.1 Å². The van der Waals surface area contributed by atoms with E-state index in [1.54, 1.807) is 0 Å². The minimum absolute atomic E-state index is 0.0871. The van der Waals surface area contributed by atoms with Crippen molar-refractivity contribution in [2.45, 2.75) is 90.8 Å². The average molecular weight is 421 g/mol. The molecule has 0 heterocycles. The number of aliphatic hydroxyl groups excluding tert-OH is 6. The number of rotatable bonds is 14. The van der Waals surface area contributed by atoms with Crippen LogP contribution in [0.5, 0.6) is 0 Å². The zero-order valence-corrected chi connectivity index (χ0v) is 18.3. The number of hydrogen-bond acceptors (Lipinski definition) is 8. The monoisotopic (exact) mass is 420 g/mol. The van der Waals surface area contributed by atoms with Crippen molar-refractivity contribution in [2.24, 2.45) is 10.8 Å². The van der Waals surface area contributed by atoms with Gasteiger partial charge in [0.25, 0.3) is 0 Å². The van der Waals surface area contributed by atoms with Gasteiger partial charge in [-0.1, -0.05) is 53.2 Å². The molecule has 1 unspecified atom stereocenters. The van der Waals surface area contributed by atoms with Crippen LogP contribution in [-0.4, -0.2) is 80.3 Å². The Morgan fingerprint density at radius 2 is 1.48 bits per heavy atom. The van der Waals surface area contributed by atoms with Crippen molar-refractivity contribution < 1.29 is 40.2 Å². The Labute approximate surface area is 173 Å². The Morgan fingerprint density at radius 3 is 1.97 bits per heavy atom. The molecule has 8 heteroatoms. The van der Waals surface area contributed by atoms with Crippen LogP contribution in [0.3, 0.4) is 0 Å². The van der Waals surface area contributed by atoms with Gasteiger partial charge in [-0.25, -0.2) is 0 Å². The lowest BCUT2D eigenvalue weighted by Gasteiger charge is -2.29. The van der Waals surface area contributed by atoms with Crippen molar-refractivity contribution >= 4 is 5.97 Å². The van der Waals surface area contributed by atoms with Crippen LogP contribution in [-0.2, 0) is 9.53 Å². The van der Waals surface area contributed by atoms with Crippen molar-refractivity contribution in [2.75, 3.05) is 13.2 Å². The molecule has 172 valence electrons. The molecular weight excluding hydrogens is 380 g/mol. The molecule has 0 saturated carbocycles. The van der Waals surface area contributed by atoms with E-state index in [0.29, 0.717) is 6.42 Å². The second kappa shape index (κ2) is 12.6. The predicted molar refractivity (Wildman–Crippen MR) is 109 cm³/mol. The summed E-state index contributed by atoms with van der Waals surface area (Å²) in [6, 6.07) is 0. The summed E-state index contributed by atoms with van der Waals surface area (Å²) in [7, 11) is 0. The molecule has 0 rings (SSSR count). The first-order valence-corrected chi connectivity index (χ1v) is 10.2. The van der Waals surface area contributed by atoms with E-state index in [1.807, 2.05) is 19.9 Å². The van der Waals surface area contributed by atoms with Crippen LogP contribution in [0.1, 0.15) is 60.3 Å². The highest BCUT2D eigenvalue weighted by atomic mass is 16.5. The van der Waals surface area contributed by atoms with Gasteiger partial charge in [-0.2, -0.15) is 0 Å². The van der Waals surface area contributed by atoms with Gasteiger partial charge in [0.15, 0.2) is 0 Å². The van der Waals surface area contributed by atoms with E-state index in [-0.39, 0.29) is 11.8 Å². The van der Waals surface area contributed by atoms with Crippen LogP contribution >= 0.6 is 0 Å². The third-order valence-electron chi connectivity index (χ3n) is 5.59. The first kappa shape index (κ1) is 28.0. The summed E-state index contributed by atoms with van der Waals surface area (Å²) in [5, 5.41) is 57.1. The lowest BCUT2D eigenvalue weighted by Crippen LogP contribution is -2.51. The third-order valence-corrected chi connectivity index (χ3v) is 5.59. The van der Waals surface area contributed by atoms with Crippen LogP contribution in [0.25, 0.3) is 0 Å². The lowest BCUT2D eigenvalue weighted by molar-refractivity contribution is -0.163. The van der Waals surface area contributed by atoms with Crippen LogP contribution < -0.4 is 0 Å². The molecule has 0 aliphatic rings. The summed E-state index contributed by atoms with van der Waals surface area (Å²) in [6.45, 7) is 8.97. The fourth-order valence-corrected chi connectivity index (χ4v) is 2.53. The number of esters is 1. The SMILES string of the molecule is CCC(C)(C)C/C=C\C(C)(CC)CC(=O)OC[C@@H](O)[C@@H](O)[C@H](O)[C@H](O)[C@H](O)CO. The highest BCUT2D eigenvalue weighted by molar-refractivity contribution is 5.70. The van der Waals surface area contributed by atoms with Gasteiger partial charge < -0.3 is 35.4 Å². The summed E-state index contributed by atoms with van der Waals surface area (Å²) in [4.78, 5) is 12.2. The predicted octanol–water partition coefficient (Wildman–Crippen LogP) is 0.515. The molecule has 0 amide bonds. The molecular formula is C21H40O8. The molecule has 0 fully saturated rings. The molecule has 0 radical (unpaired) electrons. The second-order valence-corrected chi connectivity index (χ2v) is 8.78. The molecule has 0 bridgehead atoms. The van der Waals surface area contributed by atoms with Crippen molar-refractivity contribution in [1.82, 2.24) is 0 Å². The van der Waals surface area contributed by atoms with Crippen LogP contribution in [0.4, 0.5) is 0 Å². The fraction of sp³-hybridized carbons (Fsp3) is 0.857. The molecule has 0 aliphatic carbocycles. The molecule has 0 aromatic heterocycles. The van der Waals surface area contributed by atoms with Gasteiger partial charge in [-0.3, -0.25) is 4.79 Å². The van der Waals surface area contributed by atoms with E-state index in [2.05, 4.69) is 26.8 Å². The van der Waals surface area contributed by atoms with Crippen molar-refractivity contribution in [3.05, 3.63) is 12.2 Å². The molecule has 0 spiro atoms. The molecule has 0 aliphatic heterocycles. The molecule has 6 atom stereocenters. The molecule has 6 N–H and O–H groups in total. The number of carbonyl (C=O) groups excluding carboxylic acids is 1. The molecule has 29 heavy (non-hydrogen) atoms. The minimum Gasteiger partial charge on any atom is -0.463 e. The second-order valence-electron chi connectivity index (χ2n) is 8.78.